The van der Waals surface area contributed by atoms with E-state index in [0.29, 0.717) is 13.0 Å². The van der Waals surface area contributed by atoms with Gasteiger partial charge in [-0.25, -0.2) is 0 Å². The van der Waals surface area contributed by atoms with Crippen molar-refractivity contribution in [3.63, 3.8) is 0 Å². The van der Waals surface area contributed by atoms with Crippen LogP contribution in [0.3, 0.4) is 0 Å². The topological polar surface area (TPSA) is 26.3 Å². The number of hydrogen-bond acceptors (Lipinski definition) is 3. The highest BCUT2D eigenvalue weighted by molar-refractivity contribution is 7.99. The van der Waals surface area contributed by atoms with Crippen molar-refractivity contribution in [3.05, 3.63) is 29.3 Å². The van der Waals surface area contributed by atoms with Gasteiger partial charge in [0.1, 0.15) is 0 Å². The molecule has 0 radical (unpaired) electrons. The summed E-state index contributed by atoms with van der Waals surface area (Å²) in [6, 6.07) is 7.94. The van der Waals surface area contributed by atoms with Crippen LogP contribution in [0.5, 0.6) is 0 Å². The molecule has 0 aliphatic heterocycles. The predicted octanol–water partition coefficient (Wildman–Crippen LogP) is 4.95. The minimum absolute atomic E-state index is 0.0713. The summed E-state index contributed by atoms with van der Waals surface area (Å²) in [4.78, 5) is 12.4. The molecule has 1 aromatic rings. The number of carbonyl (C=O) groups excluding carboxylic acids is 1. The van der Waals surface area contributed by atoms with Crippen LogP contribution in [-0.2, 0) is 9.53 Å². The smallest absolute Gasteiger partial charge is 0.305 e. The summed E-state index contributed by atoms with van der Waals surface area (Å²) in [6.07, 6.45) is 4.93. The third-order valence-corrected chi connectivity index (χ3v) is 4.01. The number of hydrogen-bond donors (Lipinski definition) is 0. The van der Waals surface area contributed by atoms with E-state index >= 15 is 0 Å². The van der Waals surface area contributed by atoms with Gasteiger partial charge >= 0.3 is 5.97 Å². The van der Waals surface area contributed by atoms with E-state index in [2.05, 4.69) is 0 Å². The lowest BCUT2D eigenvalue weighted by atomic mass is 10.1. The van der Waals surface area contributed by atoms with Crippen molar-refractivity contribution in [1.82, 2.24) is 0 Å². The maximum absolute atomic E-state index is 11.1. The normalized spacial score (nSPS) is 10.4. The zero-order valence-electron chi connectivity index (χ0n) is 11.4. The number of ether oxygens (including phenoxy) is 1. The highest BCUT2D eigenvalue weighted by Crippen LogP contribution is 2.21. The number of halogens is 1. The Labute approximate surface area is 124 Å². The Morgan fingerprint density at radius 3 is 2.53 bits per heavy atom. The van der Waals surface area contributed by atoms with Crippen molar-refractivity contribution in [2.45, 2.75) is 43.9 Å². The van der Waals surface area contributed by atoms with E-state index < -0.39 is 0 Å². The molecule has 0 unspecified atom stereocenters. The second-order valence-corrected chi connectivity index (χ2v) is 5.88. The summed E-state index contributed by atoms with van der Waals surface area (Å²) in [7, 11) is 0. The number of thioether (sulfide) groups is 1. The fraction of sp³-hybridized carbons (Fsp3) is 0.533. The molecule has 0 amide bonds. The van der Waals surface area contributed by atoms with Crippen molar-refractivity contribution in [2.24, 2.45) is 0 Å². The minimum atomic E-state index is -0.0713. The second-order valence-electron chi connectivity index (χ2n) is 4.27. The van der Waals surface area contributed by atoms with Crippen LogP contribution in [0.1, 0.15) is 39.0 Å². The van der Waals surface area contributed by atoms with Gasteiger partial charge in [0.15, 0.2) is 0 Å². The Balaban J connectivity index is 1.96. The van der Waals surface area contributed by atoms with Crippen molar-refractivity contribution in [3.8, 4) is 0 Å². The Morgan fingerprint density at radius 2 is 1.84 bits per heavy atom. The van der Waals surface area contributed by atoms with Crippen LogP contribution in [0, 0.1) is 0 Å². The van der Waals surface area contributed by atoms with Crippen molar-refractivity contribution >= 4 is 29.3 Å². The molecule has 0 aromatic heterocycles. The molecule has 0 atom stereocenters. The van der Waals surface area contributed by atoms with Crippen LogP contribution in [0.2, 0.25) is 5.02 Å². The van der Waals surface area contributed by atoms with E-state index in [1.807, 2.05) is 43.0 Å². The molecule has 19 heavy (non-hydrogen) atoms. The lowest BCUT2D eigenvalue weighted by molar-refractivity contribution is -0.143. The van der Waals surface area contributed by atoms with E-state index in [9.17, 15) is 4.79 Å². The van der Waals surface area contributed by atoms with Crippen LogP contribution in [0.15, 0.2) is 29.2 Å². The van der Waals surface area contributed by atoms with Crippen LogP contribution in [0.4, 0.5) is 0 Å². The first kappa shape index (κ1) is 16.4. The summed E-state index contributed by atoms with van der Waals surface area (Å²) in [5, 5.41) is 0.781. The second kappa shape index (κ2) is 10.2. The quantitative estimate of drug-likeness (QED) is 0.367. The molecule has 0 spiro atoms. The average Bonchev–Trinajstić information content (AvgIpc) is 2.40. The average molecular weight is 301 g/mol. The van der Waals surface area contributed by atoms with Gasteiger partial charge < -0.3 is 4.74 Å². The van der Waals surface area contributed by atoms with Crippen molar-refractivity contribution in [2.75, 3.05) is 12.4 Å². The number of carbonyl (C=O) groups is 1. The first-order valence-corrected chi connectivity index (χ1v) is 8.12. The monoisotopic (exact) mass is 300 g/mol. The van der Waals surface area contributed by atoms with Gasteiger partial charge in [0.05, 0.1) is 6.61 Å². The molecule has 106 valence electrons. The summed E-state index contributed by atoms with van der Waals surface area (Å²) in [5.74, 6) is 1.04. The van der Waals surface area contributed by atoms with Crippen molar-refractivity contribution < 1.29 is 9.53 Å². The number of unbranched alkanes of at least 4 members (excludes halogenated alkanes) is 3. The Morgan fingerprint density at radius 1 is 1.16 bits per heavy atom. The van der Waals surface area contributed by atoms with Gasteiger partial charge in [-0.3, -0.25) is 4.79 Å². The molecule has 0 bridgehead atoms. The van der Waals surface area contributed by atoms with Gasteiger partial charge in [-0.05, 0) is 49.8 Å². The van der Waals surface area contributed by atoms with E-state index in [1.54, 1.807) is 0 Å². The molecular weight excluding hydrogens is 280 g/mol. The lowest BCUT2D eigenvalue weighted by Crippen LogP contribution is -2.03. The van der Waals surface area contributed by atoms with Gasteiger partial charge in [-0.15, -0.1) is 11.8 Å². The summed E-state index contributed by atoms with van der Waals surface area (Å²) in [5.41, 5.74) is 0. The van der Waals surface area contributed by atoms with Gasteiger partial charge in [0, 0.05) is 16.3 Å². The molecule has 0 saturated heterocycles. The predicted molar refractivity (Wildman–Crippen MR) is 81.9 cm³/mol. The molecule has 0 heterocycles. The molecule has 2 nitrogen and oxygen atoms in total. The summed E-state index contributed by atoms with van der Waals surface area (Å²) < 4.78 is 4.88. The number of esters is 1. The van der Waals surface area contributed by atoms with E-state index in [0.717, 1.165) is 23.6 Å². The van der Waals surface area contributed by atoms with Gasteiger partial charge in [0.25, 0.3) is 0 Å². The molecule has 1 rings (SSSR count). The highest BCUT2D eigenvalue weighted by atomic mass is 35.5. The third kappa shape index (κ3) is 8.17. The third-order valence-electron chi connectivity index (χ3n) is 2.66. The first-order valence-electron chi connectivity index (χ1n) is 6.76. The van der Waals surface area contributed by atoms with Crippen molar-refractivity contribution in [1.29, 1.82) is 0 Å². The Kier molecular flexibility index (Phi) is 8.76. The molecule has 0 fully saturated rings. The molecule has 0 aliphatic carbocycles. The van der Waals surface area contributed by atoms with E-state index in [1.165, 1.54) is 17.7 Å². The zero-order valence-corrected chi connectivity index (χ0v) is 12.9. The summed E-state index contributed by atoms with van der Waals surface area (Å²) >= 11 is 7.68. The SMILES string of the molecule is CCOC(=O)CCCCCCSc1ccc(Cl)cc1. The fourth-order valence-corrected chi connectivity index (χ4v) is 2.72. The Bertz CT molecular complexity index is 365. The molecule has 0 N–H and O–H groups in total. The van der Waals surface area contributed by atoms with Gasteiger partial charge in [-0.2, -0.15) is 0 Å². The van der Waals surface area contributed by atoms with Crippen LogP contribution in [0.25, 0.3) is 0 Å². The summed E-state index contributed by atoms with van der Waals surface area (Å²) in [6.45, 7) is 2.32. The number of benzene rings is 1. The fourth-order valence-electron chi connectivity index (χ4n) is 1.68. The lowest BCUT2D eigenvalue weighted by Gasteiger charge is -2.03. The highest BCUT2D eigenvalue weighted by Gasteiger charge is 2.00. The zero-order chi connectivity index (χ0) is 13.9. The molecule has 4 heteroatoms. The maximum Gasteiger partial charge on any atom is 0.305 e. The largest absolute Gasteiger partial charge is 0.466 e. The first-order chi connectivity index (χ1) is 9.22. The Hall–Kier alpha value is -0.670. The molecule has 0 aliphatic rings. The van der Waals surface area contributed by atoms with Gasteiger partial charge in [0.2, 0.25) is 0 Å². The van der Waals surface area contributed by atoms with Crippen LogP contribution >= 0.6 is 23.4 Å². The standard InChI is InChI=1S/C15H21ClO2S/c1-2-18-15(17)7-5-3-4-6-12-19-14-10-8-13(16)9-11-14/h8-11H,2-7,12H2,1H3. The molecule has 1 aromatic carbocycles. The van der Waals surface area contributed by atoms with Crippen LogP contribution in [-0.4, -0.2) is 18.3 Å². The molecule has 0 saturated carbocycles. The van der Waals surface area contributed by atoms with E-state index in [4.69, 9.17) is 16.3 Å². The van der Waals surface area contributed by atoms with Gasteiger partial charge in [-0.1, -0.05) is 24.4 Å². The number of rotatable bonds is 9. The maximum atomic E-state index is 11.1. The minimum Gasteiger partial charge on any atom is -0.466 e. The molecular formula is C15H21ClO2S. The van der Waals surface area contributed by atoms with Crippen LogP contribution < -0.4 is 0 Å². The van der Waals surface area contributed by atoms with E-state index in [-0.39, 0.29) is 5.97 Å².